The lowest BCUT2D eigenvalue weighted by molar-refractivity contribution is -0.150. The number of ether oxygens (including phenoxy) is 2. The van der Waals surface area contributed by atoms with Gasteiger partial charge in [0.15, 0.2) is 0 Å². The summed E-state index contributed by atoms with van der Waals surface area (Å²) < 4.78 is 37.1. The molecule has 7 heteroatoms. The Morgan fingerprint density at radius 3 is 2.50 bits per heavy atom. The summed E-state index contributed by atoms with van der Waals surface area (Å²) in [5, 5.41) is 0. The normalized spacial score (nSPS) is 28.3. The molecule has 106 valence electrons. The van der Waals surface area contributed by atoms with Gasteiger partial charge in [0.1, 0.15) is 0 Å². The van der Waals surface area contributed by atoms with Crippen molar-refractivity contribution in [3.63, 3.8) is 0 Å². The molecule has 0 aromatic heterocycles. The summed E-state index contributed by atoms with van der Waals surface area (Å²) in [6.07, 6.45) is 1.40. The van der Waals surface area contributed by atoms with Crippen molar-refractivity contribution in [3.8, 4) is 0 Å². The molecule has 18 heavy (non-hydrogen) atoms. The Labute approximate surface area is 108 Å². The minimum Gasteiger partial charge on any atom is -0.466 e. The molecule has 1 fully saturated rings. The van der Waals surface area contributed by atoms with Crippen molar-refractivity contribution in [2.75, 3.05) is 26.6 Å². The Balaban J connectivity index is 2.67. The Kier molecular flexibility index (Phi) is 5.55. The molecule has 0 N–H and O–H groups in total. The first-order valence-corrected chi connectivity index (χ1v) is 7.72. The number of esters is 1. The molecule has 0 radical (unpaired) electrons. The maximum absolute atomic E-state index is 11.8. The number of hydrogen-bond donors (Lipinski definition) is 0. The number of hydrogen-bond acceptors (Lipinski definition) is 6. The van der Waals surface area contributed by atoms with Crippen molar-refractivity contribution in [1.82, 2.24) is 0 Å². The van der Waals surface area contributed by atoms with E-state index in [1.807, 2.05) is 0 Å². The summed E-state index contributed by atoms with van der Waals surface area (Å²) in [6, 6.07) is 0. The van der Waals surface area contributed by atoms with E-state index < -0.39 is 16.2 Å². The summed E-state index contributed by atoms with van der Waals surface area (Å²) in [5.41, 5.74) is 0. The standard InChI is InChI=1S/C11H20O6S/c1-4-16-11(12)10-6-9(17-18(3,13)14)5-8(10)7-15-2/h8-10H,4-7H2,1-3H3/t8-,9?,10+/m0/s1. The average Bonchev–Trinajstić information content (AvgIpc) is 2.59. The van der Waals surface area contributed by atoms with Crippen molar-refractivity contribution in [1.29, 1.82) is 0 Å². The Bertz CT molecular complexity index is 377. The molecule has 0 heterocycles. The molecule has 1 aliphatic rings. The van der Waals surface area contributed by atoms with Crippen LogP contribution in [0.1, 0.15) is 19.8 Å². The van der Waals surface area contributed by atoms with Gasteiger partial charge in [0, 0.05) is 13.7 Å². The van der Waals surface area contributed by atoms with Crippen LogP contribution in [0.4, 0.5) is 0 Å². The fourth-order valence-electron chi connectivity index (χ4n) is 2.34. The first kappa shape index (κ1) is 15.4. The molecule has 0 amide bonds. The van der Waals surface area contributed by atoms with Crippen molar-refractivity contribution < 1.29 is 26.9 Å². The predicted octanol–water partition coefficient (Wildman–Crippen LogP) is 0.567. The largest absolute Gasteiger partial charge is 0.466 e. The second-order valence-corrected chi connectivity index (χ2v) is 6.07. The molecule has 0 aromatic rings. The monoisotopic (exact) mass is 280 g/mol. The Hall–Kier alpha value is -0.660. The minimum absolute atomic E-state index is 0.0548. The molecule has 0 aromatic carbocycles. The van der Waals surface area contributed by atoms with E-state index in [0.717, 1.165) is 6.26 Å². The number of rotatable bonds is 6. The van der Waals surface area contributed by atoms with Gasteiger partial charge < -0.3 is 9.47 Å². The molecule has 1 unspecified atom stereocenters. The van der Waals surface area contributed by atoms with Crippen LogP contribution >= 0.6 is 0 Å². The quantitative estimate of drug-likeness (QED) is 0.523. The van der Waals surface area contributed by atoms with Gasteiger partial charge in [0.25, 0.3) is 10.1 Å². The van der Waals surface area contributed by atoms with E-state index in [1.165, 1.54) is 0 Å². The van der Waals surface area contributed by atoms with E-state index in [9.17, 15) is 13.2 Å². The van der Waals surface area contributed by atoms with Crippen LogP contribution < -0.4 is 0 Å². The van der Waals surface area contributed by atoms with Gasteiger partial charge in [-0.3, -0.25) is 8.98 Å². The van der Waals surface area contributed by atoms with Gasteiger partial charge >= 0.3 is 5.97 Å². The Morgan fingerprint density at radius 1 is 1.33 bits per heavy atom. The second kappa shape index (κ2) is 6.49. The zero-order chi connectivity index (χ0) is 13.8. The zero-order valence-electron chi connectivity index (χ0n) is 10.9. The van der Waals surface area contributed by atoms with Crippen LogP contribution in [0, 0.1) is 11.8 Å². The third kappa shape index (κ3) is 4.55. The lowest BCUT2D eigenvalue weighted by atomic mass is 9.97. The smallest absolute Gasteiger partial charge is 0.309 e. The second-order valence-electron chi connectivity index (χ2n) is 4.47. The molecule has 1 aliphatic carbocycles. The van der Waals surface area contributed by atoms with Crippen molar-refractivity contribution in [2.24, 2.45) is 11.8 Å². The van der Waals surface area contributed by atoms with Gasteiger partial charge in [-0.05, 0) is 25.7 Å². The maximum atomic E-state index is 11.8. The molecule has 0 saturated heterocycles. The topological polar surface area (TPSA) is 78.9 Å². The third-order valence-electron chi connectivity index (χ3n) is 2.93. The minimum atomic E-state index is -3.50. The van der Waals surface area contributed by atoms with Crippen LogP contribution in [0.15, 0.2) is 0 Å². The lowest BCUT2D eigenvalue weighted by Crippen LogP contribution is -2.24. The molecule has 0 bridgehead atoms. The molecule has 1 saturated carbocycles. The summed E-state index contributed by atoms with van der Waals surface area (Å²) in [6.45, 7) is 2.45. The van der Waals surface area contributed by atoms with Gasteiger partial charge in [-0.1, -0.05) is 0 Å². The van der Waals surface area contributed by atoms with Crippen LogP contribution in [0.2, 0.25) is 0 Å². The molecule has 3 atom stereocenters. The van der Waals surface area contributed by atoms with Gasteiger partial charge in [0.05, 0.1) is 24.9 Å². The predicted molar refractivity (Wildman–Crippen MR) is 64.4 cm³/mol. The Morgan fingerprint density at radius 2 is 2.00 bits per heavy atom. The van der Waals surface area contributed by atoms with E-state index >= 15 is 0 Å². The van der Waals surface area contributed by atoms with E-state index in [-0.39, 0.29) is 17.8 Å². The van der Waals surface area contributed by atoms with E-state index in [1.54, 1.807) is 14.0 Å². The summed E-state index contributed by atoms with van der Waals surface area (Å²) in [4.78, 5) is 11.8. The fourth-order valence-corrected chi connectivity index (χ4v) is 2.99. The van der Waals surface area contributed by atoms with Crippen LogP contribution in [-0.4, -0.2) is 47.1 Å². The van der Waals surface area contributed by atoms with Crippen LogP contribution in [0.3, 0.4) is 0 Å². The number of carbonyl (C=O) groups is 1. The summed E-state index contributed by atoms with van der Waals surface area (Å²) in [7, 11) is -1.95. The van der Waals surface area contributed by atoms with Crippen LogP contribution in [-0.2, 0) is 28.6 Å². The molecule has 1 rings (SSSR count). The lowest BCUT2D eigenvalue weighted by Gasteiger charge is -2.16. The van der Waals surface area contributed by atoms with Gasteiger partial charge in [-0.2, -0.15) is 8.42 Å². The molecular weight excluding hydrogens is 260 g/mol. The molecule has 0 aliphatic heterocycles. The average molecular weight is 280 g/mol. The first-order chi connectivity index (χ1) is 8.37. The molecular formula is C11H20O6S. The van der Waals surface area contributed by atoms with Crippen LogP contribution in [0.5, 0.6) is 0 Å². The van der Waals surface area contributed by atoms with Gasteiger partial charge in [0.2, 0.25) is 0 Å². The van der Waals surface area contributed by atoms with E-state index in [2.05, 4.69) is 0 Å². The summed E-state index contributed by atoms with van der Waals surface area (Å²) in [5.74, 6) is -0.711. The third-order valence-corrected chi connectivity index (χ3v) is 3.55. The van der Waals surface area contributed by atoms with Gasteiger partial charge in [-0.15, -0.1) is 0 Å². The van der Waals surface area contributed by atoms with Gasteiger partial charge in [-0.25, -0.2) is 0 Å². The highest BCUT2D eigenvalue weighted by Gasteiger charge is 2.41. The number of methoxy groups -OCH3 is 1. The first-order valence-electron chi connectivity index (χ1n) is 5.91. The molecule has 6 nitrogen and oxygen atoms in total. The fraction of sp³-hybridized carbons (Fsp3) is 0.909. The SMILES string of the molecule is CCOC(=O)[C@@H]1CC(OS(C)(=O)=O)C[C@H]1COC. The molecule has 0 spiro atoms. The van der Waals surface area contributed by atoms with Crippen LogP contribution in [0.25, 0.3) is 0 Å². The highest BCUT2D eigenvalue weighted by atomic mass is 32.2. The highest BCUT2D eigenvalue weighted by Crippen LogP contribution is 2.35. The zero-order valence-corrected chi connectivity index (χ0v) is 11.7. The van der Waals surface area contributed by atoms with Crippen molar-refractivity contribution >= 4 is 16.1 Å². The van der Waals surface area contributed by atoms with E-state index in [4.69, 9.17) is 13.7 Å². The summed E-state index contributed by atoms with van der Waals surface area (Å²) >= 11 is 0. The van der Waals surface area contributed by atoms with Crippen molar-refractivity contribution in [3.05, 3.63) is 0 Å². The van der Waals surface area contributed by atoms with E-state index in [0.29, 0.717) is 26.1 Å². The van der Waals surface area contributed by atoms with Crippen molar-refractivity contribution in [2.45, 2.75) is 25.9 Å². The highest BCUT2D eigenvalue weighted by molar-refractivity contribution is 7.86. The number of carbonyl (C=O) groups excluding carboxylic acids is 1. The maximum Gasteiger partial charge on any atom is 0.309 e.